The van der Waals surface area contributed by atoms with Gasteiger partial charge in [-0.15, -0.1) is 5.10 Å². The molecule has 0 N–H and O–H groups in total. The van der Waals surface area contributed by atoms with Gasteiger partial charge >= 0.3 is 0 Å². The van der Waals surface area contributed by atoms with Crippen LogP contribution in [0.5, 0.6) is 0 Å². The van der Waals surface area contributed by atoms with Gasteiger partial charge in [-0.05, 0) is 12.1 Å². The van der Waals surface area contributed by atoms with E-state index >= 15 is 0 Å². The molecule has 0 saturated heterocycles. The number of hydrogen-bond donors (Lipinski definition) is 0. The number of para-hydroxylation sites is 1. The number of sulfone groups is 1. The van der Waals surface area contributed by atoms with Gasteiger partial charge in [0.05, 0.1) is 5.52 Å². The molecule has 0 atom stereocenters. The van der Waals surface area contributed by atoms with Gasteiger partial charge < -0.3 is 0 Å². The summed E-state index contributed by atoms with van der Waals surface area (Å²) in [6.45, 7) is 0. The Labute approximate surface area is 107 Å². The highest BCUT2D eigenvalue weighted by atomic mass is 35.5. The van der Waals surface area contributed by atoms with E-state index in [4.69, 9.17) is 11.6 Å². The maximum Gasteiger partial charge on any atom is 0.268 e. The van der Waals surface area contributed by atoms with Crippen molar-refractivity contribution in [3.8, 4) is 0 Å². The number of hydrogen-bond acceptors (Lipinski definition) is 5. The largest absolute Gasteiger partial charge is 0.268 e. The first-order chi connectivity index (χ1) is 8.47. The molecule has 0 spiro atoms. The fourth-order valence-electron chi connectivity index (χ4n) is 1.66. The van der Waals surface area contributed by atoms with E-state index in [2.05, 4.69) is 15.1 Å². The summed E-state index contributed by atoms with van der Waals surface area (Å²) in [6.07, 6.45) is 1.05. The van der Waals surface area contributed by atoms with E-state index in [0.29, 0.717) is 10.9 Å². The zero-order chi connectivity index (χ0) is 12.9. The minimum Gasteiger partial charge on any atom is -0.221 e. The molecule has 2 aromatic heterocycles. The fourth-order valence-corrected chi connectivity index (χ4v) is 2.37. The van der Waals surface area contributed by atoms with Crippen molar-refractivity contribution >= 4 is 38.1 Å². The molecular formula is C10H7ClN4O2S. The summed E-state index contributed by atoms with van der Waals surface area (Å²) in [5, 5.41) is 4.65. The molecule has 0 bridgehead atoms. The third-order valence-electron chi connectivity index (χ3n) is 2.45. The van der Waals surface area contributed by atoms with Gasteiger partial charge in [0.15, 0.2) is 0 Å². The second-order valence-electron chi connectivity index (χ2n) is 3.80. The standard InChI is InChI=1S/C10H7ClN4O2S/c1-18(16,17)10-13-9-12-8(11)6-4-2-3-5-7(6)15(9)14-10/h2-5H,1H3. The average molecular weight is 283 g/mol. The highest BCUT2D eigenvalue weighted by Gasteiger charge is 2.17. The SMILES string of the molecule is CS(=O)(=O)c1nc2nc(Cl)c3ccccc3n2n1. The lowest BCUT2D eigenvalue weighted by molar-refractivity contribution is 0.593. The van der Waals surface area contributed by atoms with Gasteiger partial charge in [-0.3, -0.25) is 0 Å². The van der Waals surface area contributed by atoms with Crippen LogP contribution in [0.4, 0.5) is 0 Å². The van der Waals surface area contributed by atoms with E-state index in [-0.39, 0.29) is 16.1 Å². The first kappa shape index (κ1) is 11.4. The third kappa shape index (κ3) is 1.63. The summed E-state index contributed by atoms with van der Waals surface area (Å²) >= 11 is 6.02. The quantitative estimate of drug-likeness (QED) is 0.629. The van der Waals surface area contributed by atoms with Crippen LogP contribution < -0.4 is 0 Å². The summed E-state index contributed by atoms with van der Waals surface area (Å²) in [4.78, 5) is 7.89. The molecular weight excluding hydrogens is 276 g/mol. The first-order valence-corrected chi connectivity index (χ1v) is 7.25. The Hall–Kier alpha value is -1.73. The normalized spacial score (nSPS) is 12.3. The molecule has 18 heavy (non-hydrogen) atoms. The zero-order valence-electron chi connectivity index (χ0n) is 9.20. The number of nitrogens with zero attached hydrogens (tertiary/aromatic N) is 4. The lowest BCUT2D eigenvalue weighted by Gasteiger charge is -2.00. The Morgan fingerprint density at radius 3 is 2.67 bits per heavy atom. The molecule has 0 aliphatic rings. The molecule has 0 saturated carbocycles. The van der Waals surface area contributed by atoms with Gasteiger partial charge in [-0.2, -0.15) is 14.5 Å². The Morgan fingerprint density at radius 1 is 1.22 bits per heavy atom. The van der Waals surface area contributed by atoms with E-state index in [0.717, 1.165) is 6.26 Å². The average Bonchev–Trinajstić information content (AvgIpc) is 2.73. The highest BCUT2D eigenvalue weighted by molar-refractivity contribution is 7.90. The van der Waals surface area contributed by atoms with Gasteiger partial charge in [0.2, 0.25) is 9.84 Å². The minimum atomic E-state index is -3.47. The molecule has 0 aliphatic carbocycles. The maximum absolute atomic E-state index is 11.4. The molecule has 92 valence electrons. The van der Waals surface area contributed by atoms with Crippen LogP contribution in [0.15, 0.2) is 29.4 Å². The van der Waals surface area contributed by atoms with E-state index in [1.165, 1.54) is 4.52 Å². The monoisotopic (exact) mass is 282 g/mol. The Kier molecular flexibility index (Phi) is 2.29. The number of benzene rings is 1. The number of rotatable bonds is 1. The van der Waals surface area contributed by atoms with Gasteiger partial charge in [0.25, 0.3) is 10.9 Å². The molecule has 0 radical (unpaired) electrons. The lowest BCUT2D eigenvalue weighted by Crippen LogP contribution is -2.00. The van der Waals surface area contributed by atoms with Crippen LogP contribution in [0.1, 0.15) is 0 Å². The zero-order valence-corrected chi connectivity index (χ0v) is 10.8. The predicted molar refractivity (Wildman–Crippen MR) is 66.4 cm³/mol. The van der Waals surface area contributed by atoms with Crippen molar-refractivity contribution in [2.24, 2.45) is 0 Å². The highest BCUT2D eigenvalue weighted by Crippen LogP contribution is 2.22. The minimum absolute atomic E-state index is 0.166. The Morgan fingerprint density at radius 2 is 1.94 bits per heavy atom. The van der Waals surface area contributed by atoms with Crippen LogP contribution in [-0.2, 0) is 9.84 Å². The maximum atomic E-state index is 11.4. The molecule has 0 unspecified atom stereocenters. The summed E-state index contributed by atoms with van der Waals surface area (Å²) < 4.78 is 24.2. The summed E-state index contributed by atoms with van der Waals surface area (Å²) in [6, 6.07) is 7.18. The summed E-state index contributed by atoms with van der Waals surface area (Å²) in [5.41, 5.74) is 0.662. The van der Waals surface area contributed by atoms with Crippen molar-refractivity contribution < 1.29 is 8.42 Å². The lowest BCUT2D eigenvalue weighted by atomic mass is 10.2. The van der Waals surface area contributed by atoms with Gasteiger partial charge in [0.1, 0.15) is 5.15 Å². The molecule has 0 amide bonds. The summed E-state index contributed by atoms with van der Waals surface area (Å²) in [7, 11) is -3.47. The predicted octanol–water partition coefficient (Wildman–Crippen LogP) is 1.33. The van der Waals surface area contributed by atoms with Crippen LogP contribution in [0.2, 0.25) is 5.15 Å². The van der Waals surface area contributed by atoms with Crippen molar-refractivity contribution in [1.29, 1.82) is 0 Å². The Bertz CT molecular complexity index is 872. The van der Waals surface area contributed by atoms with Crippen molar-refractivity contribution in [2.45, 2.75) is 5.16 Å². The molecule has 3 aromatic rings. The number of halogens is 1. The van der Waals surface area contributed by atoms with Gasteiger partial charge in [-0.1, -0.05) is 23.7 Å². The van der Waals surface area contributed by atoms with Crippen LogP contribution in [0.25, 0.3) is 16.7 Å². The van der Waals surface area contributed by atoms with E-state index in [1.54, 1.807) is 18.2 Å². The summed E-state index contributed by atoms with van der Waals surface area (Å²) in [5.74, 6) is 0.166. The van der Waals surface area contributed by atoms with E-state index in [9.17, 15) is 8.42 Å². The molecule has 2 heterocycles. The third-order valence-corrected chi connectivity index (χ3v) is 3.58. The van der Waals surface area contributed by atoms with Gasteiger partial charge in [-0.25, -0.2) is 8.42 Å². The number of aromatic nitrogens is 4. The van der Waals surface area contributed by atoms with Crippen LogP contribution in [0.3, 0.4) is 0 Å². The van der Waals surface area contributed by atoms with Crippen molar-refractivity contribution in [3.05, 3.63) is 29.4 Å². The van der Waals surface area contributed by atoms with Crippen LogP contribution in [-0.4, -0.2) is 34.3 Å². The smallest absolute Gasteiger partial charge is 0.221 e. The fraction of sp³-hybridized carbons (Fsp3) is 0.100. The van der Waals surface area contributed by atoms with Gasteiger partial charge in [0, 0.05) is 11.6 Å². The van der Waals surface area contributed by atoms with Crippen LogP contribution in [0, 0.1) is 0 Å². The van der Waals surface area contributed by atoms with Crippen molar-refractivity contribution in [3.63, 3.8) is 0 Å². The topological polar surface area (TPSA) is 77.2 Å². The van der Waals surface area contributed by atoms with E-state index in [1.807, 2.05) is 6.07 Å². The number of fused-ring (bicyclic) bond motifs is 3. The molecule has 1 aromatic carbocycles. The molecule has 8 heteroatoms. The molecule has 6 nitrogen and oxygen atoms in total. The molecule has 0 aliphatic heterocycles. The second-order valence-corrected chi connectivity index (χ2v) is 6.07. The van der Waals surface area contributed by atoms with Crippen molar-refractivity contribution in [2.75, 3.05) is 6.26 Å². The second kappa shape index (κ2) is 3.63. The van der Waals surface area contributed by atoms with Crippen molar-refractivity contribution in [1.82, 2.24) is 19.6 Å². The van der Waals surface area contributed by atoms with E-state index < -0.39 is 9.84 Å². The first-order valence-electron chi connectivity index (χ1n) is 4.98. The molecule has 3 rings (SSSR count). The Balaban J connectivity index is 2.51. The molecule has 0 fully saturated rings. The van der Waals surface area contributed by atoms with Crippen LogP contribution >= 0.6 is 11.6 Å².